The van der Waals surface area contributed by atoms with Crippen molar-refractivity contribution in [2.75, 3.05) is 6.61 Å². The molecule has 1 aromatic rings. The van der Waals surface area contributed by atoms with Crippen LogP contribution < -0.4 is 10.2 Å². The van der Waals surface area contributed by atoms with Crippen LogP contribution in [0.25, 0.3) is 0 Å². The Morgan fingerprint density at radius 1 is 1.18 bits per heavy atom. The molecule has 0 saturated heterocycles. The van der Waals surface area contributed by atoms with E-state index in [2.05, 4.69) is 0 Å². The first-order valence-corrected chi connectivity index (χ1v) is 5.74. The third kappa shape index (κ3) is 8.74. The number of rotatable bonds is 4. The molecule has 17 heavy (non-hydrogen) atoms. The lowest BCUT2D eigenvalue weighted by molar-refractivity contribution is 0.216. The van der Waals surface area contributed by atoms with Gasteiger partial charge in [-0.2, -0.15) is 0 Å². The van der Waals surface area contributed by atoms with Gasteiger partial charge < -0.3 is 19.9 Å². The Bertz CT molecular complexity index is 282. The van der Waals surface area contributed by atoms with Crippen molar-refractivity contribution in [3.05, 3.63) is 24.3 Å². The molecule has 0 heterocycles. The van der Waals surface area contributed by atoms with Crippen LogP contribution in [-0.4, -0.2) is 35.0 Å². The second-order valence-corrected chi connectivity index (χ2v) is 3.88. The minimum absolute atomic E-state index is 0.167. The Labute approximate surface area is 103 Å². The number of benzene rings is 1. The molecule has 0 amide bonds. The number of hydrogen-bond acceptors (Lipinski definition) is 4. The summed E-state index contributed by atoms with van der Waals surface area (Å²) in [5, 5.41) is 25.7. The molecule has 1 rings (SSSR count). The fourth-order valence-electron chi connectivity index (χ4n) is 0.956. The van der Waals surface area contributed by atoms with Gasteiger partial charge in [-0.3, -0.25) is 0 Å². The predicted molar refractivity (Wildman–Crippen MR) is 69.4 cm³/mol. The molecule has 0 aliphatic carbocycles. The Balaban J connectivity index is 0.000000557. The van der Waals surface area contributed by atoms with E-state index in [0.29, 0.717) is 12.1 Å². The summed E-state index contributed by atoms with van der Waals surface area (Å²) in [4.78, 5) is 0. The second kappa shape index (κ2) is 9.04. The van der Waals surface area contributed by atoms with Gasteiger partial charge in [-0.05, 0) is 37.9 Å². The normalized spacial score (nSPS) is 9.59. The molecule has 0 bridgehead atoms. The Hall–Kier alpha value is -1.04. The zero-order valence-corrected chi connectivity index (χ0v) is 10.6. The van der Waals surface area contributed by atoms with Gasteiger partial charge in [-0.1, -0.05) is 19.1 Å². The van der Waals surface area contributed by atoms with E-state index in [9.17, 15) is 0 Å². The molecule has 0 aliphatic rings. The maximum Gasteiger partial charge on any atom is 0.488 e. The highest BCUT2D eigenvalue weighted by Crippen LogP contribution is 2.07. The van der Waals surface area contributed by atoms with Crippen LogP contribution in [-0.2, 0) is 0 Å². The average molecular weight is 240 g/mol. The molecule has 0 radical (unpaired) electrons. The maximum absolute atomic E-state index is 8.81. The van der Waals surface area contributed by atoms with Crippen molar-refractivity contribution in [3.8, 4) is 5.75 Å². The highest BCUT2D eigenvalue weighted by atomic mass is 16.5. The number of aliphatic hydroxyl groups is 1. The van der Waals surface area contributed by atoms with E-state index >= 15 is 0 Å². The van der Waals surface area contributed by atoms with Gasteiger partial charge in [0.15, 0.2) is 0 Å². The first-order chi connectivity index (χ1) is 7.97. The van der Waals surface area contributed by atoms with E-state index in [1.807, 2.05) is 6.92 Å². The lowest BCUT2D eigenvalue weighted by atomic mass is 9.80. The zero-order valence-electron chi connectivity index (χ0n) is 10.6. The van der Waals surface area contributed by atoms with Crippen molar-refractivity contribution in [1.29, 1.82) is 0 Å². The van der Waals surface area contributed by atoms with Gasteiger partial charge in [-0.25, -0.2) is 0 Å². The van der Waals surface area contributed by atoms with Crippen LogP contribution in [0.1, 0.15) is 27.2 Å². The summed E-state index contributed by atoms with van der Waals surface area (Å²) in [6, 6.07) is 6.72. The zero-order chi connectivity index (χ0) is 13.3. The van der Waals surface area contributed by atoms with Gasteiger partial charge in [0, 0.05) is 6.10 Å². The molecule has 0 atom stereocenters. The minimum atomic E-state index is -1.40. The SMILES string of the molecule is CC(C)O.CCCOc1ccc(B(O)O)cc1. The number of hydrogen-bond donors (Lipinski definition) is 3. The van der Waals surface area contributed by atoms with Gasteiger partial charge in [0.25, 0.3) is 0 Å². The van der Waals surface area contributed by atoms with E-state index in [4.69, 9.17) is 19.9 Å². The van der Waals surface area contributed by atoms with Crippen LogP contribution >= 0.6 is 0 Å². The van der Waals surface area contributed by atoms with E-state index in [1.54, 1.807) is 38.1 Å². The van der Waals surface area contributed by atoms with E-state index < -0.39 is 7.12 Å². The van der Waals surface area contributed by atoms with Crippen molar-refractivity contribution in [3.63, 3.8) is 0 Å². The van der Waals surface area contributed by atoms with Crippen LogP contribution in [0.15, 0.2) is 24.3 Å². The summed E-state index contributed by atoms with van der Waals surface area (Å²) >= 11 is 0. The summed E-state index contributed by atoms with van der Waals surface area (Å²) in [5.41, 5.74) is 0.476. The van der Waals surface area contributed by atoms with E-state index in [1.165, 1.54) is 0 Å². The van der Waals surface area contributed by atoms with Crippen LogP contribution in [0.2, 0.25) is 0 Å². The number of ether oxygens (including phenoxy) is 1. The molecule has 0 aromatic heterocycles. The predicted octanol–water partition coefficient (Wildman–Crippen LogP) is 0.542. The topological polar surface area (TPSA) is 69.9 Å². The lowest BCUT2D eigenvalue weighted by Gasteiger charge is -2.04. The molecule has 0 fully saturated rings. The largest absolute Gasteiger partial charge is 0.494 e. The van der Waals surface area contributed by atoms with Crippen molar-refractivity contribution in [2.24, 2.45) is 0 Å². The first-order valence-electron chi connectivity index (χ1n) is 5.74. The molecule has 0 unspecified atom stereocenters. The van der Waals surface area contributed by atoms with E-state index in [-0.39, 0.29) is 6.10 Å². The van der Waals surface area contributed by atoms with Crippen molar-refractivity contribution in [2.45, 2.75) is 33.3 Å². The summed E-state index contributed by atoms with van der Waals surface area (Å²) < 4.78 is 5.33. The lowest BCUT2D eigenvalue weighted by Crippen LogP contribution is -2.29. The van der Waals surface area contributed by atoms with Gasteiger partial charge in [0.1, 0.15) is 5.75 Å². The van der Waals surface area contributed by atoms with Crippen LogP contribution in [0, 0.1) is 0 Å². The van der Waals surface area contributed by atoms with Crippen molar-refractivity contribution >= 4 is 12.6 Å². The Morgan fingerprint density at radius 2 is 1.65 bits per heavy atom. The fraction of sp³-hybridized carbons (Fsp3) is 0.500. The third-order valence-corrected chi connectivity index (χ3v) is 1.65. The molecule has 3 N–H and O–H groups in total. The summed E-state index contributed by atoms with van der Waals surface area (Å²) in [7, 11) is -1.40. The smallest absolute Gasteiger partial charge is 0.488 e. The van der Waals surface area contributed by atoms with Gasteiger partial charge in [0.2, 0.25) is 0 Å². The molecule has 0 aliphatic heterocycles. The molecular formula is C12H21BO4. The summed E-state index contributed by atoms with van der Waals surface area (Å²) in [6.45, 7) is 6.16. The molecule has 1 aromatic carbocycles. The Kier molecular flexibility index (Phi) is 8.49. The highest BCUT2D eigenvalue weighted by molar-refractivity contribution is 6.58. The monoisotopic (exact) mass is 240 g/mol. The molecule has 5 heteroatoms. The summed E-state index contributed by atoms with van der Waals surface area (Å²) in [6.07, 6.45) is 0.796. The number of aliphatic hydroxyl groups excluding tert-OH is 1. The van der Waals surface area contributed by atoms with Crippen molar-refractivity contribution in [1.82, 2.24) is 0 Å². The van der Waals surface area contributed by atoms with Crippen LogP contribution in [0.4, 0.5) is 0 Å². The van der Waals surface area contributed by atoms with E-state index in [0.717, 1.165) is 12.2 Å². The third-order valence-electron chi connectivity index (χ3n) is 1.65. The Morgan fingerprint density at radius 3 is 2.00 bits per heavy atom. The van der Waals surface area contributed by atoms with Gasteiger partial charge >= 0.3 is 7.12 Å². The fourth-order valence-corrected chi connectivity index (χ4v) is 0.956. The molecule has 96 valence electrons. The first kappa shape index (κ1) is 16.0. The molecule has 0 spiro atoms. The second-order valence-electron chi connectivity index (χ2n) is 3.88. The molecule has 0 saturated carbocycles. The minimum Gasteiger partial charge on any atom is -0.494 e. The van der Waals surface area contributed by atoms with Crippen LogP contribution in [0.3, 0.4) is 0 Å². The van der Waals surface area contributed by atoms with Crippen LogP contribution in [0.5, 0.6) is 5.75 Å². The van der Waals surface area contributed by atoms with Crippen molar-refractivity contribution < 1.29 is 19.9 Å². The average Bonchev–Trinajstić information content (AvgIpc) is 2.26. The van der Waals surface area contributed by atoms with Gasteiger partial charge in [-0.15, -0.1) is 0 Å². The van der Waals surface area contributed by atoms with Gasteiger partial charge in [0.05, 0.1) is 6.61 Å². The standard InChI is InChI=1S/C9H13BO3.C3H8O/c1-2-7-13-9-5-3-8(4-6-9)10(11)12;1-3(2)4/h3-6,11-12H,2,7H2,1H3;3-4H,1-2H3. The summed E-state index contributed by atoms with van der Waals surface area (Å²) in [5.74, 6) is 0.756. The molecular weight excluding hydrogens is 219 g/mol. The highest BCUT2D eigenvalue weighted by Gasteiger charge is 2.09. The molecule has 4 nitrogen and oxygen atoms in total. The quantitative estimate of drug-likeness (QED) is 0.672. The maximum atomic E-state index is 8.81.